The second-order valence-electron chi connectivity index (χ2n) is 5.74. The van der Waals surface area contributed by atoms with Crippen molar-refractivity contribution in [1.82, 2.24) is 0 Å². The number of hydrogen-bond donors (Lipinski definition) is 0. The van der Waals surface area contributed by atoms with Crippen LogP contribution < -0.4 is 9.64 Å². The van der Waals surface area contributed by atoms with Gasteiger partial charge in [0.15, 0.2) is 4.32 Å². The Balaban J connectivity index is 1.81. The molecule has 0 bridgehead atoms. The molecule has 1 saturated heterocycles. The minimum atomic E-state index is -0.0926. The number of hydrogen-bond acceptors (Lipinski definition) is 4. The highest BCUT2D eigenvalue weighted by Crippen LogP contribution is 2.36. The summed E-state index contributed by atoms with van der Waals surface area (Å²) in [7, 11) is 0. The number of benzene rings is 2. The molecule has 0 radical (unpaired) electrons. The van der Waals surface area contributed by atoms with Gasteiger partial charge in [-0.15, -0.1) is 0 Å². The van der Waals surface area contributed by atoms with Crippen molar-refractivity contribution in [3.05, 3.63) is 76.7 Å². The van der Waals surface area contributed by atoms with Crippen molar-refractivity contribution in [2.24, 2.45) is 0 Å². The van der Waals surface area contributed by atoms with Gasteiger partial charge >= 0.3 is 0 Å². The molecule has 1 heterocycles. The number of carbonyl (C=O) groups is 1. The number of ether oxygens (including phenoxy) is 1. The summed E-state index contributed by atoms with van der Waals surface area (Å²) in [5.41, 5.74) is 2.86. The van der Waals surface area contributed by atoms with E-state index in [-0.39, 0.29) is 5.91 Å². The third-order valence-electron chi connectivity index (χ3n) is 3.75. The van der Waals surface area contributed by atoms with Crippen LogP contribution >= 0.6 is 24.0 Å². The summed E-state index contributed by atoms with van der Waals surface area (Å²) in [6.45, 7) is 4.53. The molecule has 26 heavy (non-hydrogen) atoms. The molecule has 1 fully saturated rings. The summed E-state index contributed by atoms with van der Waals surface area (Å²) >= 11 is 6.75. The van der Waals surface area contributed by atoms with Crippen LogP contribution in [0.1, 0.15) is 19.4 Å². The zero-order valence-corrected chi connectivity index (χ0v) is 16.3. The lowest BCUT2D eigenvalue weighted by Crippen LogP contribution is -2.27. The van der Waals surface area contributed by atoms with Crippen LogP contribution in [-0.2, 0) is 4.79 Å². The predicted molar refractivity (Wildman–Crippen MR) is 113 cm³/mol. The number of anilines is 1. The summed E-state index contributed by atoms with van der Waals surface area (Å²) in [4.78, 5) is 15.0. The maximum absolute atomic E-state index is 12.8. The molecule has 1 amide bonds. The smallest absolute Gasteiger partial charge is 0.270 e. The van der Waals surface area contributed by atoms with Gasteiger partial charge in [0.05, 0.1) is 17.2 Å². The Morgan fingerprint density at radius 1 is 1.15 bits per heavy atom. The largest absolute Gasteiger partial charge is 0.494 e. The van der Waals surface area contributed by atoms with E-state index < -0.39 is 0 Å². The first-order valence-electron chi connectivity index (χ1n) is 8.32. The molecule has 0 saturated carbocycles. The average Bonchev–Trinajstić information content (AvgIpc) is 2.90. The van der Waals surface area contributed by atoms with Gasteiger partial charge in [-0.1, -0.05) is 60.4 Å². The number of thiocarbonyl (C=S) groups is 1. The molecule has 5 heteroatoms. The van der Waals surface area contributed by atoms with Gasteiger partial charge in [0.25, 0.3) is 5.91 Å². The number of amides is 1. The average molecular weight is 382 g/mol. The molecule has 1 aliphatic heterocycles. The zero-order chi connectivity index (χ0) is 18.5. The van der Waals surface area contributed by atoms with Crippen molar-refractivity contribution in [3.63, 3.8) is 0 Å². The molecule has 2 aromatic carbocycles. The lowest BCUT2D eigenvalue weighted by atomic mass is 10.1. The van der Waals surface area contributed by atoms with E-state index in [1.807, 2.05) is 80.6 Å². The summed E-state index contributed by atoms with van der Waals surface area (Å²) < 4.78 is 5.99. The number of rotatable bonds is 5. The summed E-state index contributed by atoms with van der Waals surface area (Å²) in [5, 5.41) is 0. The molecule has 1 aliphatic rings. The fourth-order valence-corrected chi connectivity index (χ4v) is 3.96. The second-order valence-corrected chi connectivity index (χ2v) is 7.42. The van der Waals surface area contributed by atoms with Crippen LogP contribution in [0.5, 0.6) is 5.75 Å². The van der Waals surface area contributed by atoms with Crippen LogP contribution in [0, 0.1) is 0 Å². The van der Waals surface area contributed by atoms with E-state index in [0.717, 1.165) is 22.6 Å². The van der Waals surface area contributed by atoms with Gasteiger partial charge in [-0.3, -0.25) is 9.69 Å². The monoisotopic (exact) mass is 381 g/mol. The normalized spacial score (nSPS) is 16.5. The van der Waals surface area contributed by atoms with Crippen LogP contribution in [-0.4, -0.2) is 16.8 Å². The molecule has 0 spiro atoms. The van der Waals surface area contributed by atoms with E-state index in [2.05, 4.69) is 0 Å². The fourth-order valence-electron chi connectivity index (χ4n) is 2.61. The number of allylic oxidation sites excluding steroid dienone is 2. The molecular weight excluding hydrogens is 362 g/mol. The third-order valence-corrected chi connectivity index (χ3v) is 5.05. The van der Waals surface area contributed by atoms with E-state index in [4.69, 9.17) is 17.0 Å². The fraction of sp³-hybridized carbons (Fsp3) is 0.143. The van der Waals surface area contributed by atoms with Crippen molar-refractivity contribution >= 4 is 46.0 Å². The summed E-state index contributed by atoms with van der Waals surface area (Å²) in [5.74, 6) is 0.684. The molecule has 3 nitrogen and oxygen atoms in total. The van der Waals surface area contributed by atoms with E-state index >= 15 is 0 Å². The first kappa shape index (κ1) is 18.4. The molecule has 3 rings (SSSR count). The zero-order valence-electron chi connectivity index (χ0n) is 14.6. The van der Waals surface area contributed by atoms with Crippen LogP contribution in [0.3, 0.4) is 0 Å². The molecule has 0 atom stereocenters. The van der Waals surface area contributed by atoms with Crippen LogP contribution in [0.25, 0.3) is 6.08 Å². The Kier molecular flexibility index (Phi) is 5.91. The number of thioether (sulfide) groups is 1. The van der Waals surface area contributed by atoms with Crippen molar-refractivity contribution in [2.45, 2.75) is 13.8 Å². The van der Waals surface area contributed by atoms with E-state index in [1.165, 1.54) is 11.8 Å². The Morgan fingerprint density at radius 3 is 2.50 bits per heavy atom. The second kappa shape index (κ2) is 8.34. The number of carbonyl (C=O) groups excluding carboxylic acids is 1. The van der Waals surface area contributed by atoms with Gasteiger partial charge in [0.2, 0.25) is 0 Å². The van der Waals surface area contributed by atoms with Crippen LogP contribution in [0.4, 0.5) is 5.69 Å². The Labute approximate surface area is 163 Å². The quantitative estimate of drug-likeness (QED) is 0.510. The highest BCUT2D eigenvalue weighted by atomic mass is 32.2. The lowest BCUT2D eigenvalue weighted by Gasteiger charge is -2.15. The van der Waals surface area contributed by atoms with E-state index in [1.54, 1.807) is 4.90 Å². The standard InChI is InChI=1S/C21H19NO2S2/c1-3-24-18-11-9-17(10-12-18)22-20(23)19(26-21(22)25)14-15(2)13-16-7-5-4-6-8-16/h4-14H,3H2,1-2H3/b15-13+,19-14-. The first-order chi connectivity index (χ1) is 12.6. The minimum Gasteiger partial charge on any atom is -0.494 e. The Morgan fingerprint density at radius 2 is 1.85 bits per heavy atom. The molecule has 0 aromatic heterocycles. The minimum absolute atomic E-state index is 0.0926. The SMILES string of the molecule is CCOc1ccc(N2C(=O)/C(=C/C(C)=C/c3ccccc3)SC2=S)cc1. The molecular formula is C21H19NO2S2. The van der Waals surface area contributed by atoms with Gasteiger partial charge in [0.1, 0.15) is 5.75 Å². The van der Waals surface area contributed by atoms with Crippen molar-refractivity contribution in [1.29, 1.82) is 0 Å². The summed E-state index contributed by atoms with van der Waals surface area (Å²) in [6, 6.07) is 17.4. The van der Waals surface area contributed by atoms with Gasteiger partial charge < -0.3 is 4.74 Å². The summed E-state index contributed by atoms with van der Waals surface area (Å²) in [6.07, 6.45) is 3.93. The van der Waals surface area contributed by atoms with Crippen molar-refractivity contribution < 1.29 is 9.53 Å². The van der Waals surface area contributed by atoms with Gasteiger partial charge in [0, 0.05) is 0 Å². The Bertz CT molecular complexity index is 871. The maximum atomic E-state index is 12.8. The molecule has 0 aliphatic carbocycles. The Hall–Kier alpha value is -2.37. The number of nitrogens with zero attached hydrogens (tertiary/aromatic N) is 1. The van der Waals surface area contributed by atoms with Crippen LogP contribution in [0.2, 0.25) is 0 Å². The predicted octanol–water partition coefficient (Wildman–Crippen LogP) is 5.44. The van der Waals surface area contributed by atoms with Gasteiger partial charge in [-0.2, -0.15) is 0 Å². The highest BCUT2D eigenvalue weighted by molar-refractivity contribution is 8.27. The van der Waals surface area contributed by atoms with E-state index in [9.17, 15) is 4.79 Å². The first-order valence-corrected chi connectivity index (χ1v) is 9.55. The highest BCUT2D eigenvalue weighted by Gasteiger charge is 2.33. The molecule has 2 aromatic rings. The van der Waals surface area contributed by atoms with Gasteiger partial charge in [-0.25, -0.2) is 0 Å². The molecule has 132 valence electrons. The van der Waals surface area contributed by atoms with Crippen molar-refractivity contribution in [2.75, 3.05) is 11.5 Å². The third kappa shape index (κ3) is 4.23. The molecule has 0 N–H and O–H groups in total. The lowest BCUT2D eigenvalue weighted by molar-refractivity contribution is -0.113. The van der Waals surface area contributed by atoms with Gasteiger partial charge in [-0.05, 0) is 55.3 Å². The maximum Gasteiger partial charge on any atom is 0.270 e. The van der Waals surface area contributed by atoms with E-state index in [0.29, 0.717) is 15.8 Å². The molecule has 0 unspecified atom stereocenters. The van der Waals surface area contributed by atoms with Crippen LogP contribution in [0.15, 0.2) is 71.2 Å². The van der Waals surface area contributed by atoms with Crippen molar-refractivity contribution in [3.8, 4) is 5.75 Å². The topological polar surface area (TPSA) is 29.5 Å².